The van der Waals surface area contributed by atoms with Gasteiger partial charge in [0.2, 0.25) is 5.91 Å². The van der Waals surface area contributed by atoms with Gasteiger partial charge in [0.05, 0.1) is 12.5 Å². The van der Waals surface area contributed by atoms with Crippen molar-refractivity contribution in [2.75, 3.05) is 20.6 Å². The van der Waals surface area contributed by atoms with Crippen LogP contribution in [0.4, 0.5) is 0 Å². The van der Waals surface area contributed by atoms with E-state index in [0.29, 0.717) is 17.9 Å². The van der Waals surface area contributed by atoms with Crippen LogP contribution in [0.5, 0.6) is 0 Å². The second-order valence-electron chi connectivity index (χ2n) is 11.9. The highest BCUT2D eigenvalue weighted by Gasteiger charge is 2.27. The lowest BCUT2D eigenvalue weighted by Gasteiger charge is -2.25. The highest BCUT2D eigenvalue weighted by Crippen LogP contribution is 2.31. The number of benzene rings is 2. The fourth-order valence-corrected chi connectivity index (χ4v) is 5.42. The summed E-state index contributed by atoms with van der Waals surface area (Å²) in [7, 11) is 3.99. The summed E-state index contributed by atoms with van der Waals surface area (Å²) in [6.45, 7) is 11.2. The predicted molar refractivity (Wildman–Crippen MR) is 165 cm³/mol. The van der Waals surface area contributed by atoms with Crippen LogP contribution in [0.1, 0.15) is 73.0 Å². The Morgan fingerprint density at radius 3 is 2.27 bits per heavy atom. The molecule has 0 aliphatic carbocycles. The van der Waals surface area contributed by atoms with E-state index in [1.54, 1.807) is 6.20 Å². The van der Waals surface area contributed by atoms with Crippen LogP contribution < -0.4 is 10.9 Å². The van der Waals surface area contributed by atoms with Crippen molar-refractivity contribution in [3.8, 4) is 11.1 Å². The maximum Gasteiger partial charge on any atom is 0.305 e. The van der Waals surface area contributed by atoms with E-state index in [1.807, 2.05) is 44.4 Å². The number of carboxylic acid groups (broad SMARTS) is 1. The average Bonchev–Trinajstić information content (AvgIpc) is 2.87. The molecule has 1 heterocycles. The molecule has 0 saturated heterocycles. The smallest absolute Gasteiger partial charge is 0.305 e. The molecular formula is C34H45N3O4. The van der Waals surface area contributed by atoms with Crippen molar-refractivity contribution in [3.05, 3.63) is 92.9 Å². The molecule has 3 aromatic rings. The van der Waals surface area contributed by atoms with Crippen molar-refractivity contribution >= 4 is 11.9 Å². The Labute approximate surface area is 244 Å². The molecule has 41 heavy (non-hydrogen) atoms. The van der Waals surface area contributed by atoms with Gasteiger partial charge < -0.3 is 19.9 Å². The third-order valence-electron chi connectivity index (χ3n) is 7.45. The van der Waals surface area contributed by atoms with Crippen molar-refractivity contribution in [2.24, 2.45) is 5.92 Å². The molecular weight excluding hydrogens is 514 g/mol. The summed E-state index contributed by atoms with van der Waals surface area (Å²) in [6.07, 6.45) is 3.49. The quantitative estimate of drug-likeness (QED) is 0.274. The van der Waals surface area contributed by atoms with Crippen molar-refractivity contribution in [3.63, 3.8) is 0 Å². The number of likely N-dealkylation sites (N-methyl/N-ethyl adjacent to an activating group) is 1. The van der Waals surface area contributed by atoms with E-state index < -0.39 is 18.1 Å². The molecule has 1 aromatic heterocycles. The molecule has 0 spiro atoms. The maximum atomic E-state index is 13.9. The van der Waals surface area contributed by atoms with Gasteiger partial charge in [-0.3, -0.25) is 14.4 Å². The van der Waals surface area contributed by atoms with Crippen LogP contribution in [0.15, 0.2) is 59.5 Å². The van der Waals surface area contributed by atoms with Crippen molar-refractivity contribution in [1.29, 1.82) is 0 Å². The van der Waals surface area contributed by atoms with E-state index in [0.717, 1.165) is 47.2 Å². The van der Waals surface area contributed by atoms with Gasteiger partial charge in [0, 0.05) is 18.8 Å². The zero-order valence-electron chi connectivity index (χ0n) is 25.5. The van der Waals surface area contributed by atoms with E-state index in [2.05, 4.69) is 57.0 Å². The normalized spacial score (nSPS) is 12.9. The summed E-state index contributed by atoms with van der Waals surface area (Å²) in [6, 6.07) is 13.8. The van der Waals surface area contributed by atoms with Crippen LogP contribution in [-0.4, -0.2) is 47.1 Å². The molecule has 0 aliphatic rings. The minimum absolute atomic E-state index is 0.246. The second-order valence-corrected chi connectivity index (χ2v) is 11.9. The van der Waals surface area contributed by atoms with E-state index in [-0.39, 0.29) is 17.9 Å². The number of carbonyl (C=O) groups excluding carboxylic acids is 1. The molecule has 2 N–H and O–H groups in total. The number of carbonyl (C=O) groups is 2. The molecule has 3 rings (SSSR count). The van der Waals surface area contributed by atoms with Crippen LogP contribution in [0.2, 0.25) is 0 Å². The molecule has 2 aromatic carbocycles. The fraction of sp³-hybridized carbons (Fsp3) is 0.441. The Bertz CT molecular complexity index is 1400. The van der Waals surface area contributed by atoms with Crippen LogP contribution in [0.3, 0.4) is 0 Å². The maximum absolute atomic E-state index is 13.9. The highest BCUT2D eigenvalue weighted by molar-refractivity contribution is 5.82. The van der Waals surface area contributed by atoms with Crippen molar-refractivity contribution in [2.45, 2.75) is 72.4 Å². The number of nitrogens with one attached hydrogen (secondary N) is 1. The Kier molecular flexibility index (Phi) is 11.1. The second kappa shape index (κ2) is 14.3. The Hall–Kier alpha value is -3.71. The average molecular weight is 560 g/mol. The van der Waals surface area contributed by atoms with E-state index in [9.17, 15) is 19.5 Å². The fourth-order valence-electron chi connectivity index (χ4n) is 5.42. The Balaban J connectivity index is 1.99. The largest absolute Gasteiger partial charge is 0.481 e. The molecule has 0 radical (unpaired) electrons. The number of pyridine rings is 1. The molecule has 1 unspecified atom stereocenters. The third-order valence-corrected chi connectivity index (χ3v) is 7.45. The molecule has 220 valence electrons. The summed E-state index contributed by atoms with van der Waals surface area (Å²) in [4.78, 5) is 40.9. The topological polar surface area (TPSA) is 91.6 Å². The van der Waals surface area contributed by atoms with Crippen LogP contribution in [0.25, 0.3) is 11.1 Å². The van der Waals surface area contributed by atoms with Gasteiger partial charge in [-0.25, -0.2) is 0 Å². The standard InChI is InChI=1S/C34H45N3O4/c1-22(2)11-13-30(37-21-26(12-14-31(37)38)15-16-36(6)7)34(41)35-29(20-32(39)40)27-9-8-10-28(19-27)33-24(4)17-23(3)18-25(33)5/h8-10,12,14,17-19,21-22,29-30H,11,13,15-16,20H2,1-7H3,(H,35,41)(H,39,40)/t29-,30?/m0/s1. The van der Waals surface area contributed by atoms with Gasteiger partial charge in [-0.1, -0.05) is 55.8 Å². The zero-order valence-corrected chi connectivity index (χ0v) is 25.5. The van der Waals surface area contributed by atoms with Gasteiger partial charge in [0.1, 0.15) is 6.04 Å². The molecule has 7 heteroatoms. The third kappa shape index (κ3) is 8.89. The van der Waals surface area contributed by atoms with E-state index in [4.69, 9.17) is 0 Å². The van der Waals surface area contributed by atoms with Crippen LogP contribution >= 0.6 is 0 Å². The molecule has 0 fully saturated rings. The highest BCUT2D eigenvalue weighted by atomic mass is 16.4. The first-order chi connectivity index (χ1) is 19.3. The van der Waals surface area contributed by atoms with Gasteiger partial charge in [-0.05, 0) is 99.5 Å². The first kappa shape index (κ1) is 31.8. The minimum atomic E-state index is -1.01. The van der Waals surface area contributed by atoms with Crippen LogP contribution in [-0.2, 0) is 16.0 Å². The molecule has 1 amide bonds. The number of aromatic nitrogens is 1. The number of hydrogen-bond acceptors (Lipinski definition) is 4. The number of aliphatic carboxylic acids is 1. The van der Waals surface area contributed by atoms with Gasteiger partial charge >= 0.3 is 5.97 Å². The number of rotatable bonds is 13. The number of amides is 1. The van der Waals surface area contributed by atoms with Gasteiger partial charge in [-0.15, -0.1) is 0 Å². The van der Waals surface area contributed by atoms with Gasteiger partial charge in [0.15, 0.2) is 0 Å². The lowest BCUT2D eigenvalue weighted by atomic mass is 9.91. The zero-order chi connectivity index (χ0) is 30.3. The summed E-state index contributed by atoms with van der Waals surface area (Å²) in [5.74, 6) is -1.02. The number of hydrogen-bond donors (Lipinski definition) is 2. The molecule has 0 aliphatic heterocycles. The minimum Gasteiger partial charge on any atom is -0.481 e. The number of nitrogens with zero attached hydrogens (tertiary/aromatic N) is 2. The van der Waals surface area contributed by atoms with E-state index in [1.165, 1.54) is 16.2 Å². The Morgan fingerprint density at radius 2 is 1.66 bits per heavy atom. The SMILES string of the molecule is Cc1cc(C)c(-c2cccc([C@H](CC(=O)O)NC(=O)C(CCC(C)C)n3cc(CCN(C)C)ccc3=O)c2)c(C)c1. The number of aryl methyl sites for hydroxylation is 3. The Morgan fingerprint density at radius 1 is 0.976 bits per heavy atom. The first-order valence-electron chi connectivity index (χ1n) is 14.4. The first-order valence-corrected chi connectivity index (χ1v) is 14.4. The van der Waals surface area contributed by atoms with Gasteiger partial charge in [-0.2, -0.15) is 0 Å². The van der Waals surface area contributed by atoms with Crippen molar-refractivity contribution < 1.29 is 14.7 Å². The number of carboxylic acids is 1. The van der Waals surface area contributed by atoms with Gasteiger partial charge in [0.25, 0.3) is 5.56 Å². The molecule has 0 bridgehead atoms. The summed E-state index contributed by atoms with van der Waals surface area (Å²) in [5.41, 5.74) is 6.99. The molecule has 0 saturated carbocycles. The molecule has 7 nitrogen and oxygen atoms in total. The summed E-state index contributed by atoms with van der Waals surface area (Å²) >= 11 is 0. The summed E-state index contributed by atoms with van der Waals surface area (Å²) in [5, 5.41) is 12.8. The lowest BCUT2D eigenvalue weighted by molar-refractivity contribution is -0.138. The summed E-state index contributed by atoms with van der Waals surface area (Å²) < 4.78 is 1.52. The van der Waals surface area contributed by atoms with Crippen molar-refractivity contribution in [1.82, 2.24) is 14.8 Å². The lowest BCUT2D eigenvalue weighted by Crippen LogP contribution is -2.39. The molecule has 2 atom stereocenters. The van der Waals surface area contributed by atoms with E-state index >= 15 is 0 Å². The monoisotopic (exact) mass is 559 g/mol. The van der Waals surface area contributed by atoms with Crippen LogP contribution in [0, 0.1) is 26.7 Å². The predicted octanol–water partition coefficient (Wildman–Crippen LogP) is 5.85.